The molecule has 132 valence electrons. The van der Waals surface area contributed by atoms with Gasteiger partial charge >= 0.3 is 6.18 Å². The molecule has 0 aliphatic carbocycles. The second kappa shape index (κ2) is 5.76. The molecule has 0 atom stereocenters. The maximum Gasteiger partial charge on any atom is 0.449 e. The number of aromatic nitrogens is 2. The summed E-state index contributed by atoms with van der Waals surface area (Å²) in [6, 6.07) is 5.54. The Morgan fingerprint density at radius 1 is 1.24 bits per heavy atom. The van der Waals surface area contributed by atoms with Crippen LogP contribution in [0.4, 0.5) is 13.2 Å². The third-order valence-corrected chi connectivity index (χ3v) is 4.26. The summed E-state index contributed by atoms with van der Waals surface area (Å²) in [5.74, 6) is 0.0841. The highest BCUT2D eigenvalue weighted by molar-refractivity contribution is 5.44. The normalized spacial score (nSPS) is 16.8. The molecule has 25 heavy (non-hydrogen) atoms. The van der Waals surface area contributed by atoms with Gasteiger partial charge in [0.1, 0.15) is 0 Å². The zero-order valence-corrected chi connectivity index (χ0v) is 13.0. The number of benzene rings is 1. The summed E-state index contributed by atoms with van der Waals surface area (Å²) >= 11 is 0. The van der Waals surface area contributed by atoms with E-state index < -0.39 is 17.6 Å². The van der Waals surface area contributed by atoms with Gasteiger partial charge in [0.05, 0.1) is 5.69 Å². The van der Waals surface area contributed by atoms with Crippen LogP contribution in [0, 0.1) is 0 Å². The zero-order valence-electron chi connectivity index (χ0n) is 13.0. The Morgan fingerprint density at radius 3 is 2.84 bits per heavy atom. The quantitative estimate of drug-likeness (QED) is 0.895. The first-order valence-corrected chi connectivity index (χ1v) is 7.70. The first-order valence-electron chi connectivity index (χ1n) is 7.70. The van der Waals surface area contributed by atoms with E-state index in [1.165, 1.54) is 0 Å². The average Bonchev–Trinajstić information content (AvgIpc) is 3.01. The molecule has 9 heteroatoms. The Morgan fingerprint density at radius 2 is 2.04 bits per heavy atom. The number of aromatic amines is 1. The second-order valence-corrected chi connectivity index (χ2v) is 5.99. The number of hydrogen-bond donors (Lipinski definition) is 1. The number of fused-ring (bicyclic) bond motifs is 2. The molecule has 1 aromatic heterocycles. The van der Waals surface area contributed by atoms with Crippen LogP contribution >= 0.6 is 0 Å². The lowest BCUT2D eigenvalue weighted by Crippen LogP contribution is -2.36. The molecule has 0 fully saturated rings. The number of ether oxygens (including phenoxy) is 2. The molecule has 0 spiro atoms. The van der Waals surface area contributed by atoms with Gasteiger partial charge in [-0.3, -0.25) is 9.69 Å². The van der Waals surface area contributed by atoms with Crippen molar-refractivity contribution in [1.82, 2.24) is 14.9 Å². The van der Waals surface area contributed by atoms with Gasteiger partial charge in [0, 0.05) is 25.2 Å². The van der Waals surface area contributed by atoms with Gasteiger partial charge in [-0.15, -0.1) is 0 Å². The van der Waals surface area contributed by atoms with E-state index in [1.54, 1.807) is 6.07 Å². The second-order valence-electron chi connectivity index (χ2n) is 5.99. The summed E-state index contributed by atoms with van der Waals surface area (Å²) < 4.78 is 49.1. The number of H-pyrrole nitrogens is 1. The van der Waals surface area contributed by atoms with Crippen LogP contribution in [-0.2, 0) is 25.7 Å². The van der Waals surface area contributed by atoms with Crippen LogP contribution in [-0.4, -0.2) is 28.2 Å². The smallest absolute Gasteiger partial charge is 0.449 e. The third kappa shape index (κ3) is 3.07. The molecule has 2 aromatic rings. The summed E-state index contributed by atoms with van der Waals surface area (Å²) in [5, 5.41) is 0. The van der Waals surface area contributed by atoms with Gasteiger partial charge in [0.2, 0.25) is 12.6 Å². The third-order valence-electron chi connectivity index (χ3n) is 4.26. The number of nitrogens with one attached hydrogen (secondary N) is 1. The van der Waals surface area contributed by atoms with Gasteiger partial charge in [-0.1, -0.05) is 6.07 Å². The summed E-state index contributed by atoms with van der Waals surface area (Å²) in [4.78, 5) is 19.3. The van der Waals surface area contributed by atoms with Crippen molar-refractivity contribution in [2.75, 3.05) is 13.3 Å². The molecule has 6 nitrogen and oxygen atoms in total. The molecule has 0 amide bonds. The molecule has 0 unspecified atom stereocenters. The maximum absolute atomic E-state index is 12.8. The number of rotatable bonds is 2. The number of nitrogens with zero attached hydrogens (tertiary/aromatic N) is 2. The first kappa shape index (κ1) is 15.9. The fourth-order valence-corrected chi connectivity index (χ4v) is 3.06. The molecule has 0 radical (unpaired) electrons. The summed E-state index contributed by atoms with van der Waals surface area (Å²) in [6.45, 7) is 1.46. The SMILES string of the molecule is O=c1[nH]c(C(F)(F)F)nc2c1CCN(Cc1ccc3c(c1)OCO3)C2. The highest BCUT2D eigenvalue weighted by atomic mass is 19.4. The number of hydrogen-bond acceptors (Lipinski definition) is 5. The number of alkyl halides is 3. The molecule has 1 N–H and O–H groups in total. The molecule has 2 aliphatic rings. The molecule has 0 saturated heterocycles. The van der Waals surface area contributed by atoms with Crippen molar-refractivity contribution >= 4 is 0 Å². The molecule has 2 aliphatic heterocycles. The lowest BCUT2D eigenvalue weighted by atomic mass is 10.1. The van der Waals surface area contributed by atoms with Crippen molar-refractivity contribution in [3.05, 3.63) is 51.2 Å². The van der Waals surface area contributed by atoms with Crippen LogP contribution < -0.4 is 15.0 Å². The molecule has 0 bridgehead atoms. The van der Waals surface area contributed by atoms with Crippen molar-refractivity contribution in [1.29, 1.82) is 0 Å². The van der Waals surface area contributed by atoms with Crippen LogP contribution in [0.2, 0.25) is 0 Å². The minimum Gasteiger partial charge on any atom is -0.454 e. The average molecular weight is 353 g/mol. The minimum atomic E-state index is -4.67. The molecular weight excluding hydrogens is 339 g/mol. The Kier molecular flexibility index (Phi) is 3.68. The van der Waals surface area contributed by atoms with Crippen LogP contribution in [0.3, 0.4) is 0 Å². The van der Waals surface area contributed by atoms with Crippen molar-refractivity contribution in [3.63, 3.8) is 0 Å². The predicted octanol–water partition coefficient (Wildman–Crippen LogP) is 2.08. The monoisotopic (exact) mass is 353 g/mol. The Hall–Kier alpha value is -2.55. The first-order chi connectivity index (χ1) is 11.9. The van der Waals surface area contributed by atoms with Gasteiger partial charge < -0.3 is 14.5 Å². The highest BCUT2D eigenvalue weighted by Gasteiger charge is 2.36. The molecular formula is C16H14F3N3O3. The lowest BCUT2D eigenvalue weighted by Gasteiger charge is -2.27. The van der Waals surface area contributed by atoms with Crippen LogP contribution in [0.15, 0.2) is 23.0 Å². The molecule has 0 saturated carbocycles. The van der Waals surface area contributed by atoms with E-state index in [1.807, 2.05) is 22.0 Å². The van der Waals surface area contributed by atoms with Crippen LogP contribution in [0.5, 0.6) is 11.5 Å². The van der Waals surface area contributed by atoms with Gasteiger partial charge in [-0.05, 0) is 24.1 Å². The van der Waals surface area contributed by atoms with E-state index in [0.717, 1.165) is 5.56 Å². The highest BCUT2D eigenvalue weighted by Crippen LogP contribution is 2.33. The number of halogens is 3. The largest absolute Gasteiger partial charge is 0.454 e. The van der Waals surface area contributed by atoms with Crippen molar-refractivity contribution in [2.24, 2.45) is 0 Å². The fraction of sp³-hybridized carbons (Fsp3) is 0.375. The fourth-order valence-electron chi connectivity index (χ4n) is 3.06. The van der Waals surface area contributed by atoms with E-state index in [4.69, 9.17) is 9.47 Å². The van der Waals surface area contributed by atoms with Crippen LogP contribution in [0.25, 0.3) is 0 Å². The Labute approximate surface area is 140 Å². The van der Waals surface area contributed by atoms with E-state index in [0.29, 0.717) is 36.6 Å². The van der Waals surface area contributed by atoms with E-state index in [9.17, 15) is 18.0 Å². The Balaban J connectivity index is 1.56. The summed E-state index contributed by atoms with van der Waals surface area (Å²) in [5.41, 5.74) is 0.756. The maximum atomic E-state index is 12.8. The van der Waals surface area contributed by atoms with Crippen LogP contribution in [0.1, 0.15) is 22.6 Å². The molecule has 4 rings (SSSR count). The van der Waals surface area contributed by atoms with E-state index >= 15 is 0 Å². The lowest BCUT2D eigenvalue weighted by molar-refractivity contribution is -0.145. The molecule has 3 heterocycles. The van der Waals surface area contributed by atoms with Gasteiger partial charge in [0.15, 0.2) is 11.5 Å². The van der Waals surface area contributed by atoms with Crippen molar-refractivity contribution in [3.8, 4) is 11.5 Å². The minimum absolute atomic E-state index is 0.183. The summed E-state index contributed by atoms with van der Waals surface area (Å²) in [6.07, 6.45) is -4.31. The van der Waals surface area contributed by atoms with E-state index in [2.05, 4.69) is 4.98 Å². The Bertz CT molecular complexity index is 879. The zero-order chi connectivity index (χ0) is 17.6. The molecule has 1 aromatic carbocycles. The van der Waals surface area contributed by atoms with Gasteiger partial charge in [0.25, 0.3) is 5.56 Å². The van der Waals surface area contributed by atoms with Crippen molar-refractivity contribution in [2.45, 2.75) is 25.7 Å². The van der Waals surface area contributed by atoms with E-state index in [-0.39, 0.29) is 19.0 Å². The standard InChI is InChI=1S/C16H14F3N3O3/c17-16(18,19)15-20-11-7-22(4-3-10(11)14(23)21-15)6-9-1-2-12-13(5-9)25-8-24-12/h1-2,5H,3-4,6-8H2,(H,20,21,23). The summed E-state index contributed by atoms with van der Waals surface area (Å²) in [7, 11) is 0. The topological polar surface area (TPSA) is 67.5 Å². The van der Waals surface area contributed by atoms with Gasteiger partial charge in [-0.25, -0.2) is 4.98 Å². The van der Waals surface area contributed by atoms with Gasteiger partial charge in [-0.2, -0.15) is 13.2 Å². The predicted molar refractivity (Wildman–Crippen MR) is 80.2 cm³/mol. The van der Waals surface area contributed by atoms with Crippen molar-refractivity contribution < 1.29 is 22.6 Å².